The molecule has 1 saturated heterocycles. The van der Waals surface area contributed by atoms with Gasteiger partial charge in [0.1, 0.15) is 0 Å². The quantitative estimate of drug-likeness (QED) is 0.321. The molecule has 17 heteroatoms. The van der Waals surface area contributed by atoms with E-state index in [0.29, 0.717) is 5.56 Å². The SMILES string of the molecule is C[C@@H](CN1CCC(n2c(=O)[nH]c3ccccc32)CC1)NC(=O)c1cccnc1.O=C(O)C(F)(F)F.O=C(O)C(F)(F)F. The summed E-state index contributed by atoms with van der Waals surface area (Å²) in [4.78, 5) is 51.7. The first kappa shape index (κ1) is 33.8. The first-order chi connectivity index (χ1) is 19.5. The number of aromatic nitrogens is 3. The molecule has 0 unspecified atom stereocenters. The van der Waals surface area contributed by atoms with E-state index in [4.69, 9.17) is 19.8 Å². The van der Waals surface area contributed by atoms with Gasteiger partial charge in [-0.15, -0.1) is 0 Å². The molecule has 0 bridgehead atoms. The average Bonchev–Trinajstić information content (AvgIpc) is 3.25. The number of alkyl halides is 6. The minimum atomic E-state index is -5.08. The van der Waals surface area contributed by atoms with Gasteiger partial charge in [0.15, 0.2) is 0 Å². The minimum Gasteiger partial charge on any atom is -0.475 e. The van der Waals surface area contributed by atoms with Crippen molar-refractivity contribution in [3.05, 3.63) is 64.8 Å². The molecule has 0 spiro atoms. The number of benzene rings is 1. The van der Waals surface area contributed by atoms with Gasteiger partial charge in [-0.1, -0.05) is 12.1 Å². The molecule has 1 aliphatic heterocycles. The van der Waals surface area contributed by atoms with E-state index < -0.39 is 24.3 Å². The van der Waals surface area contributed by atoms with Crippen molar-refractivity contribution in [2.24, 2.45) is 0 Å². The standard InChI is InChI=1S/C21H25N5O2.2C2HF3O2/c1-15(23-20(27)16-5-4-10-22-13-16)14-25-11-8-17(9-12-25)26-19-7-3-2-6-18(19)24-21(26)28;2*3-2(4,5)1(6)7/h2-7,10,13,15,17H,8-9,11-12,14H2,1H3,(H,23,27)(H,24,28);2*(H,6,7)/t15-;;/m0../s1. The number of carboxylic acid groups (broad SMARTS) is 2. The Morgan fingerprint density at radius 1 is 1.00 bits per heavy atom. The molecule has 0 aliphatic carbocycles. The fraction of sp³-hybridized carbons (Fsp3) is 0.400. The normalized spacial score (nSPS) is 15.0. The number of carbonyl (C=O) groups is 3. The predicted molar refractivity (Wildman–Crippen MR) is 136 cm³/mol. The summed E-state index contributed by atoms with van der Waals surface area (Å²) in [6.07, 6.45) is -5.09. The maximum Gasteiger partial charge on any atom is 0.490 e. The van der Waals surface area contributed by atoms with Crippen LogP contribution in [0.25, 0.3) is 11.0 Å². The van der Waals surface area contributed by atoms with E-state index in [1.165, 1.54) is 0 Å². The largest absolute Gasteiger partial charge is 0.490 e. The van der Waals surface area contributed by atoms with Crippen LogP contribution in [-0.2, 0) is 9.59 Å². The summed E-state index contributed by atoms with van der Waals surface area (Å²) in [6, 6.07) is 11.6. The Kier molecular flexibility index (Phi) is 11.6. The van der Waals surface area contributed by atoms with Gasteiger partial charge in [-0.25, -0.2) is 14.4 Å². The van der Waals surface area contributed by atoms with Gasteiger partial charge in [0.25, 0.3) is 5.91 Å². The number of amides is 1. The summed E-state index contributed by atoms with van der Waals surface area (Å²) in [6.45, 7) is 4.62. The van der Waals surface area contributed by atoms with Crippen molar-refractivity contribution in [1.29, 1.82) is 0 Å². The Morgan fingerprint density at radius 2 is 1.55 bits per heavy atom. The third-order valence-corrected chi connectivity index (χ3v) is 5.86. The van der Waals surface area contributed by atoms with Crippen molar-refractivity contribution in [3.8, 4) is 0 Å². The van der Waals surface area contributed by atoms with Gasteiger partial charge < -0.3 is 25.4 Å². The molecule has 1 atom stereocenters. The fourth-order valence-corrected chi connectivity index (χ4v) is 4.03. The number of rotatable bonds is 5. The number of imidazole rings is 1. The van der Waals surface area contributed by atoms with Crippen LogP contribution in [0.3, 0.4) is 0 Å². The van der Waals surface area contributed by atoms with Gasteiger partial charge in [-0.2, -0.15) is 26.3 Å². The third-order valence-electron chi connectivity index (χ3n) is 5.86. The Hall–Kier alpha value is -4.41. The number of halogens is 6. The summed E-state index contributed by atoms with van der Waals surface area (Å²) in [5.74, 6) is -5.61. The van der Waals surface area contributed by atoms with Crippen LogP contribution in [0.4, 0.5) is 26.3 Å². The number of hydrogen-bond donors (Lipinski definition) is 4. The van der Waals surface area contributed by atoms with E-state index in [1.807, 2.05) is 35.8 Å². The Bertz CT molecular complexity index is 1370. The first-order valence-corrected chi connectivity index (χ1v) is 12.2. The van der Waals surface area contributed by atoms with Gasteiger partial charge in [0, 0.05) is 44.1 Å². The Morgan fingerprint density at radius 3 is 2.05 bits per heavy atom. The molecule has 0 radical (unpaired) electrons. The third kappa shape index (κ3) is 10.2. The van der Waals surface area contributed by atoms with E-state index in [1.54, 1.807) is 24.5 Å². The zero-order valence-electron chi connectivity index (χ0n) is 21.9. The van der Waals surface area contributed by atoms with E-state index in [-0.39, 0.29) is 23.7 Å². The molecule has 4 N–H and O–H groups in total. The van der Waals surface area contributed by atoms with Crippen LogP contribution in [0.2, 0.25) is 0 Å². The van der Waals surface area contributed by atoms with E-state index in [2.05, 4.69) is 20.2 Å². The van der Waals surface area contributed by atoms with Crippen molar-refractivity contribution < 1.29 is 50.9 Å². The number of aromatic amines is 1. The summed E-state index contributed by atoms with van der Waals surface area (Å²) in [7, 11) is 0. The molecule has 1 aliphatic rings. The van der Waals surface area contributed by atoms with Gasteiger partial charge in [-0.05, 0) is 44.0 Å². The first-order valence-electron chi connectivity index (χ1n) is 12.2. The summed E-state index contributed by atoms with van der Waals surface area (Å²) in [5.41, 5.74) is 2.41. The predicted octanol–water partition coefficient (Wildman–Crippen LogP) is 3.45. The monoisotopic (exact) mass is 607 g/mol. The maximum atomic E-state index is 12.4. The molecule has 230 valence electrons. The fourth-order valence-electron chi connectivity index (χ4n) is 4.03. The second-order valence-electron chi connectivity index (χ2n) is 9.07. The van der Waals surface area contributed by atoms with Gasteiger partial charge in [-0.3, -0.25) is 14.3 Å². The van der Waals surface area contributed by atoms with Crippen molar-refractivity contribution >= 4 is 28.9 Å². The Balaban J connectivity index is 0.000000367. The molecule has 1 amide bonds. The van der Waals surface area contributed by atoms with Crippen LogP contribution < -0.4 is 11.0 Å². The van der Waals surface area contributed by atoms with Crippen LogP contribution in [0.1, 0.15) is 36.2 Å². The molecule has 1 fully saturated rings. The summed E-state index contributed by atoms with van der Waals surface area (Å²) in [5, 5.41) is 17.3. The molecule has 3 aromatic rings. The van der Waals surface area contributed by atoms with E-state index in [0.717, 1.165) is 43.5 Å². The summed E-state index contributed by atoms with van der Waals surface area (Å²) >= 11 is 0. The lowest BCUT2D eigenvalue weighted by Gasteiger charge is -2.34. The van der Waals surface area contributed by atoms with Crippen LogP contribution in [0, 0.1) is 0 Å². The highest BCUT2D eigenvalue weighted by Crippen LogP contribution is 2.25. The molecular formula is C25H27F6N5O6. The number of para-hydroxylation sites is 2. The van der Waals surface area contributed by atoms with Crippen molar-refractivity contribution in [1.82, 2.24) is 24.8 Å². The van der Waals surface area contributed by atoms with E-state index >= 15 is 0 Å². The second kappa shape index (κ2) is 14.5. The Labute approximate surface area is 233 Å². The number of likely N-dealkylation sites (tertiary alicyclic amines) is 1. The lowest BCUT2D eigenvalue weighted by molar-refractivity contribution is -0.193. The van der Waals surface area contributed by atoms with Crippen LogP contribution in [-0.4, -0.2) is 85.5 Å². The topological polar surface area (TPSA) is 158 Å². The number of aliphatic carboxylic acids is 2. The maximum absolute atomic E-state index is 12.4. The van der Waals surface area contributed by atoms with Crippen LogP contribution in [0.15, 0.2) is 53.6 Å². The number of fused-ring (bicyclic) bond motifs is 1. The number of H-pyrrole nitrogens is 1. The molecule has 11 nitrogen and oxygen atoms in total. The van der Waals surface area contributed by atoms with Gasteiger partial charge in [0.05, 0.1) is 16.6 Å². The number of carboxylic acids is 2. The second-order valence-corrected chi connectivity index (χ2v) is 9.07. The smallest absolute Gasteiger partial charge is 0.475 e. The van der Waals surface area contributed by atoms with E-state index in [9.17, 15) is 35.9 Å². The van der Waals surface area contributed by atoms with Gasteiger partial charge >= 0.3 is 30.0 Å². The number of nitrogens with zero attached hydrogens (tertiary/aromatic N) is 3. The number of piperidine rings is 1. The number of nitrogens with one attached hydrogen (secondary N) is 2. The lowest BCUT2D eigenvalue weighted by Crippen LogP contribution is -2.45. The van der Waals surface area contributed by atoms with Crippen LogP contribution in [0.5, 0.6) is 0 Å². The molecular weight excluding hydrogens is 580 g/mol. The van der Waals surface area contributed by atoms with Crippen molar-refractivity contribution in [2.75, 3.05) is 19.6 Å². The molecule has 4 rings (SSSR count). The van der Waals surface area contributed by atoms with Crippen LogP contribution >= 0.6 is 0 Å². The van der Waals surface area contributed by atoms with Crippen molar-refractivity contribution in [2.45, 2.75) is 44.2 Å². The van der Waals surface area contributed by atoms with Gasteiger partial charge in [0.2, 0.25) is 0 Å². The molecule has 1 aromatic carbocycles. The zero-order chi connectivity index (χ0) is 31.7. The number of carbonyl (C=O) groups excluding carboxylic acids is 1. The summed E-state index contributed by atoms with van der Waals surface area (Å²) < 4.78 is 65.4. The highest BCUT2D eigenvalue weighted by atomic mass is 19.4. The minimum absolute atomic E-state index is 0.0308. The molecule has 3 heterocycles. The highest BCUT2D eigenvalue weighted by Gasteiger charge is 2.38. The lowest BCUT2D eigenvalue weighted by atomic mass is 10.0. The number of pyridine rings is 1. The zero-order valence-corrected chi connectivity index (χ0v) is 21.9. The van der Waals surface area contributed by atoms with Crippen molar-refractivity contribution in [3.63, 3.8) is 0 Å². The highest BCUT2D eigenvalue weighted by molar-refractivity contribution is 5.94. The molecule has 2 aromatic heterocycles. The average molecular weight is 608 g/mol. The molecule has 42 heavy (non-hydrogen) atoms. The number of hydrogen-bond acceptors (Lipinski definition) is 6. The molecule has 0 saturated carbocycles.